The van der Waals surface area contributed by atoms with Crippen LogP contribution in [0.25, 0.3) is 0 Å². The highest BCUT2D eigenvalue weighted by molar-refractivity contribution is 5.39. The number of hydrogen-bond donors (Lipinski definition) is 1. The quantitative estimate of drug-likeness (QED) is 0.747. The largest absolute Gasteiger partial charge is 0.490 e. The molecule has 1 N–H and O–H groups in total. The van der Waals surface area contributed by atoms with Crippen LogP contribution in [-0.2, 0) is 0 Å². The van der Waals surface area contributed by atoms with Gasteiger partial charge in [-0.05, 0) is 50.3 Å². The smallest absolute Gasteiger partial charge is 0.161 e. The van der Waals surface area contributed by atoms with Crippen molar-refractivity contribution < 1.29 is 9.47 Å². The van der Waals surface area contributed by atoms with E-state index in [4.69, 9.17) is 9.47 Å². The SMILES string of the molecule is CCNCC1(CCOc2ccccc2OCC)CCC1. The van der Waals surface area contributed by atoms with Gasteiger partial charge in [-0.15, -0.1) is 0 Å². The Kier molecular flexibility index (Phi) is 5.72. The number of ether oxygens (including phenoxy) is 2. The molecule has 0 saturated heterocycles. The first-order valence-corrected chi connectivity index (χ1v) is 7.85. The van der Waals surface area contributed by atoms with Crippen molar-refractivity contribution in [2.24, 2.45) is 5.41 Å². The van der Waals surface area contributed by atoms with E-state index >= 15 is 0 Å². The van der Waals surface area contributed by atoms with Crippen molar-refractivity contribution in [3.63, 3.8) is 0 Å². The summed E-state index contributed by atoms with van der Waals surface area (Å²) in [6, 6.07) is 7.94. The van der Waals surface area contributed by atoms with Gasteiger partial charge >= 0.3 is 0 Å². The maximum Gasteiger partial charge on any atom is 0.161 e. The molecule has 0 unspecified atom stereocenters. The van der Waals surface area contributed by atoms with Crippen molar-refractivity contribution in [3.05, 3.63) is 24.3 Å². The Morgan fingerprint density at radius 1 is 1.10 bits per heavy atom. The molecule has 0 heterocycles. The summed E-state index contributed by atoms with van der Waals surface area (Å²) in [6.45, 7) is 7.79. The summed E-state index contributed by atoms with van der Waals surface area (Å²) in [5, 5.41) is 3.49. The van der Waals surface area contributed by atoms with Gasteiger partial charge in [0.05, 0.1) is 13.2 Å². The number of para-hydroxylation sites is 2. The zero-order valence-corrected chi connectivity index (χ0v) is 12.8. The molecular weight excluding hydrogens is 250 g/mol. The molecule has 0 spiro atoms. The van der Waals surface area contributed by atoms with E-state index in [-0.39, 0.29) is 0 Å². The maximum absolute atomic E-state index is 5.95. The third-order valence-corrected chi connectivity index (χ3v) is 4.20. The van der Waals surface area contributed by atoms with Crippen molar-refractivity contribution >= 4 is 0 Å². The Morgan fingerprint density at radius 3 is 2.35 bits per heavy atom. The average Bonchev–Trinajstić information content (AvgIpc) is 2.43. The van der Waals surface area contributed by atoms with Gasteiger partial charge in [-0.25, -0.2) is 0 Å². The zero-order chi connectivity index (χ0) is 14.3. The fourth-order valence-electron chi connectivity index (χ4n) is 2.80. The van der Waals surface area contributed by atoms with E-state index in [0.717, 1.165) is 37.6 Å². The second-order valence-electron chi connectivity index (χ2n) is 5.61. The minimum Gasteiger partial charge on any atom is -0.490 e. The Bertz CT molecular complexity index is 402. The van der Waals surface area contributed by atoms with Gasteiger partial charge in [0.2, 0.25) is 0 Å². The maximum atomic E-state index is 5.95. The molecule has 112 valence electrons. The van der Waals surface area contributed by atoms with E-state index in [1.807, 2.05) is 31.2 Å². The van der Waals surface area contributed by atoms with Crippen LogP contribution in [-0.4, -0.2) is 26.3 Å². The van der Waals surface area contributed by atoms with Gasteiger partial charge < -0.3 is 14.8 Å². The molecule has 0 radical (unpaired) electrons. The van der Waals surface area contributed by atoms with E-state index in [0.29, 0.717) is 12.0 Å². The molecule has 20 heavy (non-hydrogen) atoms. The predicted octanol–water partition coefficient (Wildman–Crippen LogP) is 3.63. The predicted molar refractivity (Wildman–Crippen MR) is 82.6 cm³/mol. The van der Waals surface area contributed by atoms with Crippen LogP contribution in [0.5, 0.6) is 11.5 Å². The van der Waals surface area contributed by atoms with Gasteiger partial charge in [0.25, 0.3) is 0 Å². The highest BCUT2D eigenvalue weighted by Gasteiger charge is 2.36. The zero-order valence-electron chi connectivity index (χ0n) is 12.8. The topological polar surface area (TPSA) is 30.5 Å². The summed E-state index contributed by atoms with van der Waals surface area (Å²) in [5.41, 5.74) is 0.469. The Balaban J connectivity index is 1.83. The first kappa shape index (κ1) is 15.2. The van der Waals surface area contributed by atoms with Crippen LogP contribution in [0.15, 0.2) is 24.3 Å². The van der Waals surface area contributed by atoms with E-state index < -0.39 is 0 Å². The van der Waals surface area contributed by atoms with Crippen LogP contribution in [0, 0.1) is 5.41 Å². The third kappa shape index (κ3) is 3.89. The molecule has 0 bridgehead atoms. The monoisotopic (exact) mass is 277 g/mol. The van der Waals surface area contributed by atoms with Gasteiger partial charge in [0, 0.05) is 6.54 Å². The van der Waals surface area contributed by atoms with Crippen molar-refractivity contribution in [2.45, 2.75) is 39.5 Å². The van der Waals surface area contributed by atoms with Gasteiger partial charge in [-0.2, -0.15) is 0 Å². The number of benzene rings is 1. The number of nitrogens with one attached hydrogen (secondary N) is 1. The van der Waals surface area contributed by atoms with Crippen LogP contribution < -0.4 is 14.8 Å². The van der Waals surface area contributed by atoms with Crippen LogP contribution >= 0.6 is 0 Å². The third-order valence-electron chi connectivity index (χ3n) is 4.20. The normalized spacial score (nSPS) is 16.5. The Morgan fingerprint density at radius 2 is 1.80 bits per heavy atom. The molecule has 1 fully saturated rings. The van der Waals surface area contributed by atoms with Crippen LogP contribution in [0.2, 0.25) is 0 Å². The minimum absolute atomic E-state index is 0.469. The molecule has 1 saturated carbocycles. The summed E-state index contributed by atoms with van der Waals surface area (Å²) in [6.07, 6.45) is 5.15. The summed E-state index contributed by atoms with van der Waals surface area (Å²) in [7, 11) is 0. The fourth-order valence-corrected chi connectivity index (χ4v) is 2.80. The van der Waals surface area contributed by atoms with Crippen LogP contribution in [0.1, 0.15) is 39.5 Å². The molecule has 1 aromatic rings. The molecule has 3 nitrogen and oxygen atoms in total. The van der Waals surface area contributed by atoms with E-state index in [2.05, 4.69) is 12.2 Å². The van der Waals surface area contributed by atoms with Gasteiger partial charge in [-0.1, -0.05) is 25.5 Å². The minimum atomic E-state index is 0.469. The lowest BCUT2D eigenvalue weighted by Gasteiger charge is -2.42. The number of rotatable bonds is 9. The van der Waals surface area contributed by atoms with Crippen molar-refractivity contribution in [3.8, 4) is 11.5 Å². The summed E-state index contributed by atoms with van der Waals surface area (Å²) >= 11 is 0. The lowest BCUT2D eigenvalue weighted by Crippen LogP contribution is -2.41. The molecule has 2 rings (SSSR count). The Labute approximate surface area is 122 Å². The molecule has 1 aliphatic rings. The molecule has 0 amide bonds. The van der Waals surface area contributed by atoms with Crippen molar-refractivity contribution in [2.75, 3.05) is 26.3 Å². The lowest BCUT2D eigenvalue weighted by atomic mass is 9.67. The Hall–Kier alpha value is -1.22. The molecule has 3 heteroatoms. The molecular formula is C17H27NO2. The molecule has 1 aromatic carbocycles. The summed E-state index contributed by atoms with van der Waals surface area (Å²) in [5.74, 6) is 1.72. The summed E-state index contributed by atoms with van der Waals surface area (Å²) < 4.78 is 11.5. The fraction of sp³-hybridized carbons (Fsp3) is 0.647. The van der Waals surface area contributed by atoms with Crippen molar-refractivity contribution in [1.29, 1.82) is 0 Å². The highest BCUT2D eigenvalue weighted by atomic mass is 16.5. The highest BCUT2D eigenvalue weighted by Crippen LogP contribution is 2.43. The molecule has 0 aliphatic heterocycles. The van der Waals surface area contributed by atoms with Gasteiger partial charge in [0.15, 0.2) is 11.5 Å². The van der Waals surface area contributed by atoms with E-state index in [9.17, 15) is 0 Å². The standard InChI is InChI=1S/C17H27NO2/c1-3-18-14-17(10-7-11-17)12-13-20-16-9-6-5-8-15(16)19-4-2/h5-6,8-9,18H,3-4,7,10-14H2,1-2H3. The molecule has 0 aromatic heterocycles. The average molecular weight is 277 g/mol. The van der Waals surface area contributed by atoms with E-state index in [1.165, 1.54) is 19.3 Å². The summed E-state index contributed by atoms with van der Waals surface area (Å²) in [4.78, 5) is 0. The first-order chi connectivity index (χ1) is 9.79. The van der Waals surface area contributed by atoms with Gasteiger partial charge in [-0.3, -0.25) is 0 Å². The van der Waals surface area contributed by atoms with E-state index in [1.54, 1.807) is 0 Å². The number of hydrogen-bond acceptors (Lipinski definition) is 3. The second kappa shape index (κ2) is 7.53. The van der Waals surface area contributed by atoms with Gasteiger partial charge in [0.1, 0.15) is 0 Å². The first-order valence-electron chi connectivity index (χ1n) is 7.85. The van der Waals surface area contributed by atoms with Crippen LogP contribution in [0.3, 0.4) is 0 Å². The second-order valence-corrected chi connectivity index (χ2v) is 5.61. The lowest BCUT2D eigenvalue weighted by molar-refractivity contribution is 0.0918. The molecule has 1 aliphatic carbocycles. The van der Waals surface area contributed by atoms with Crippen molar-refractivity contribution in [1.82, 2.24) is 5.32 Å². The molecule has 0 atom stereocenters. The van der Waals surface area contributed by atoms with Crippen LogP contribution in [0.4, 0.5) is 0 Å².